The lowest BCUT2D eigenvalue weighted by Gasteiger charge is -2.03. The fourth-order valence-corrected chi connectivity index (χ4v) is 3.15. The number of nitrogens with one attached hydrogen (secondary N) is 1. The van der Waals surface area contributed by atoms with E-state index in [9.17, 15) is 9.18 Å². The Kier molecular flexibility index (Phi) is 6.19. The Bertz CT molecular complexity index is 908. The van der Waals surface area contributed by atoms with E-state index in [1.54, 1.807) is 36.3 Å². The monoisotopic (exact) mass is 374 g/mol. The molecule has 6 nitrogen and oxygen atoms in total. The molecule has 0 unspecified atom stereocenters. The molecular weight excluding hydrogens is 355 g/mol. The fraction of sp³-hybridized carbons (Fsp3) is 0.278. The first-order valence-electron chi connectivity index (χ1n) is 8.10. The van der Waals surface area contributed by atoms with Gasteiger partial charge in [-0.2, -0.15) is 10.1 Å². The molecule has 1 aromatic carbocycles. The van der Waals surface area contributed by atoms with E-state index in [2.05, 4.69) is 15.1 Å². The molecule has 0 bridgehead atoms. The zero-order valence-electron chi connectivity index (χ0n) is 14.3. The van der Waals surface area contributed by atoms with Crippen molar-refractivity contribution in [1.82, 2.24) is 19.7 Å². The summed E-state index contributed by atoms with van der Waals surface area (Å²) < 4.78 is 19.7. The largest absolute Gasteiger partial charge is 0.383 e. The number of nitrogens with zero attached hydrogens (tertiary/aromatic N) is 3. The molecule has 2 heterocycles. The van der Waals surface area contributed by atoms with Crippen LogP contribution in [0.25, 0.3) is 0 Å². The van der Waals surface area contributed by atoms with E-state index in [-0.39, 0.29) is 11.4 Å². The number of methoxy groups -OCH3 is 1. The number of aromatic amines is 1. The summed E-state index contributed by atoms with van der Waals surface area (Å²) in [6.45, 7) is 1.26. The number of hydrogen-bond acceptors (Lipinski definition) is 5. The molecule has 0 fully saturated rings. The Balaban J connectivity index is 1.61. The highest BCUT2D eigenvalue weighted by molar-refractivity contribution is 7.98. The standard InChI is InChI=1S/C18H19FN4O2S/c1-25-7-6-23-11-14(9-21-23)8-15-10-20-18(22-17(15)24)26-12-13-2-4-16(19)5-3-13/h2-5,9-11H,6-8,12H2,1H3,(H,20,22,24). The number of aromatic nitrogens is 4. The Morgan fingerprint density at radius 2 is 2.08 bits per heavy atom. The summed E-state index contributed by atoms with van der Waals surface area (Å²) in [6.07, 6.45) is 5.80. The third kappa shape index (κ3) is 5.03. The molecule has 0 saturated heterocycles. The van der Waals surface area contributed by atoms with E-state index >= 15 is 0 Å². The van der Waals surface area contributed by atoms with E-state index in [1.807, 2.05) is 6.20 Å². The molecule has 1 N–H and O–H groups in total. The van der Waals surface area contributed by atoms with Crippen molar-refractivity contribution in [3.63, 3.8) is 0 Å². The average Bonchev–Trinajstić information content (AvgIpc) is 3.09. The SMILES string of the molecule is COCCn1cc(Cc2c[nH]c(SCc3ccc(F)cc3)nc2=O)cn1. The second-order valence-corrected chi connectivity index (χ2v) is 6.70. The topological polar surface area (TPSA) is 72.8 Å². The van der Waals surface area contributed by atoms with Crippen LogP contribution in [0.1, 0.15) is 16.7 Å². The van der Waals surface area contributed by atoms with Crippen molar-refractivity contribution >= 4 is 11.8 Å². The molecule has 0 amide bonds. The van der Waals surface area contributed by atoms with Gasteiger partial charge < -0.3 is 9.72 Å². The van der Waals surface area contributed by atoms with Gasteiger partial charge in [0.1, 0.15) is 5.82 Å². The minimum Gasteiger partial charge on any atom is -0.383 e. The van der Waals surface area contributed by atoms with Crippen LogP contribution in [0, 0.1) is 5.82 Å². The van der Waals surface area contributed by atoms with Crippen molar-refractivity contribution in [2.24, 2.45) is 0 Å². The van der Waals surface area contributed by atoms with Crippen molar-refractivity contribution < 1.29 is 9.13 Å². The van der Waals surface area contributed by atoms with Crippen LogP contribution < -0.4 is 5.56 Å². The van der Waals surface area contributed by atoms with Crippen molar-refractivity contribution in [3.05, 3.63) is 75.7 Å². The third-order valence-electron chi connectivity index (χ3n) is 3.74. The van der Waals surface area contributed by atoms with Gasteiger partial charge in [0.05, 0.1) is 19.3 Å². The number of benzene rings is 1. The number of ether oxygens (including phenoxy) is 1. The van der Waals surface area contributed by atoms with Gasteiger partial charge in [0.25, 0.3) is 5.56 Å². The van der Waals surface area contributed by atoms with Gasteiger partial charge in [-0.15, -0.1) is 0 Å². The molecule has 0 atom stereocenters. The van der Waals surface area contributed by atoms with E-state index in [0.29, 0.717) is 36.0 Å². The second kappa shape index (κ2) is 8.77. The van der Waals surface area contributed by atoms with Gasteiger partial charge in [0, 0.05) is 37.2 Å². The van der Waals surface area contributed by atoms with Crippen LogP contribution in [0.4, 0.5) is 4.39 Å². The van der Waals surface area contributed by atoms with Crippen LogP contribution in [-0.4, -0.2) is 33.5 Å². The number of halogens is 1. The number of rotatable bonds is 8. The summed E-state index contributed by atoms with van der Waals surface area (Å²) in [5.74, 6) is 0.342. The minimum atomic E-state index is -0.264. The maximum Gasteiger partial charge on any atom is 0.277 e. The van der Waals surface area contributed by atoms with Crippen LogP contribution in [0.3, 0.4) is 0 Å². The van der Waals surface area contributed by atoms with Crippen LogP contribution in [0.2, 0.25) is 0 Å². The fourth-order valence-electron chi connectivity index (χ4n) is 2.36. The quantitative estimate of drug-likeness (QED) is 0.485. The lowest BCUT2D eigenvalue weighted by Crippen LogP contribution is -2.14. The van der Waals surface area contributed by atoms with Gasteiger partial charge >= 0.3 is 0 Å². The Labute approximate surface area is 154 Å². The highest BCUT2D eigenvalue weighted by atomic mass is 32.2. The van der Waals surface area contributed by atoms with Gasteiger partial charge in [-0.25, -0.2) is 4.39 Å². The molecule has 0 saturated carbocycles. The van der Waals surface area contributed by atoms with Crippen molar-refractivity contribution in [3.8, 4) is 0 Å². The summed E-state index contributed by atoms with van der Waals surface area (Å²) >= 11 is 1.40. The summed E-state index contributed by atoms with van der Waals surface area (Å²) in [6, 6.07) is 6.27. The van der Waals surface area contributed by atoms with Crippen molar-refractivity contribution in [1.29, 1.82) is 0 Å². The molecule has 0 aliphatic rings. The van der Waals surface area contributed by atoms with Crippen LogP contribution >= 0.6 is 11.8 Å². The predicted octanol–water partition coefficient (Wildman–Crippen LogP) is 2.64. The zero-order chi connectivity index (χ0) is 18.4. The van der Waals surface area contributed by atoms with Gasteiger partial charge in [0.2, 0.25) is 0 Å². The second-order valence-electron chi connectivity index (χ2n) is 5.73. The van der Waals surface area contributed by atoms with Crippen LogP contribution in [-0.2, 0) is 23.5 Å². The van der Waals surface area contributed by atoms with Gasteiger partial charge in [-0.1, -0.05) is 23.9 Å². The third-order valence-corrected chi connectivity index (χ3v) is 4.70. The first-order chi connectivity index (χ1) is 12.6. The van der Waals surface area contributed by atoms with E-state index in [4.69, 9.17) is 4.74 Å². The zero-order valence-corrected chi connectivity index (χ0v) is 15.1. The molecule has 3 aromatic rings. The molecule has 2 aromatic heterocycles. The minimum absolute atomic E-state index is 0.255. The first kappa shape index (κ1) is 18.3. The van der Waals surface area contributed by atoms with Gasteiger partial charge in [0.15, 0.2) is 5.16 Å². The maximum absolute atomic E-state index is 12.9. The lowest BCUT2D eigenvalue weighted by molar-refractivity contribution is 0.183. The summed E-state index contributed by atoms with van der Waals surface area (Å²) in [5, 5.41) is 4.78. The highest BCUT2D eigenvalue weighted by Crippen LogP contribution is 2.18. The highest BCUT2D eigenvalue weighted by Gasteiger charge is 2.07. The molecule has 26 heavy (non-hydrogen) atoms. The smallest absolute Gasteiger partial charge is 0.277 e. The van der Waals surface area contributed by atoms with Crippen molar-refractivity contribution in [2.45, 2.75) is 23.9 Å². The summed E-state index contributed by atoms with van der Waals surface area (Å²) in [4.78, 5) is 19.4. The van der Waals surface area contributed by atoms with E-state index < -0.39 is 0 Å². The predicted molar refractivity (Wildman–Crippen MR) is 97.7 cm³/mol. The Morgan fingerprint density at radius 1 is 1.27 bits per heavy atom. The van der Waals surface area contributed by atoms with Crippen LogP contribution in [0.5, 0.6) is 0 Å². The Hall–Kier alpha value is -2.45. The molecule has 3 rings (SSSR count). The summed E-state index contributed by atoms with van der Waals surface area (Å²) in [5.41, 5.74) is 2.24. The Morgan fingerprint density at radius 3 is 2.81 bits per heavy atom. The first-order valence-corrected chi connectivity index (χ1v) is 9.08. The molecule has 0 aliphatic heterocycles. The molecular formula is C18H19FN4O2S. The molecule has 0 aliphatic carbocycles. The van der Waals surface area contributed by atoms with E-state index in [0.717, 1.165) is 11.1 Å². The summed E-state index contributed by atoms with van der Waals surface area (Å²) in [7, 11) is 1.64. The lowest BCUT2D eigenvalue weighted by atomic mass is 10.1. The molecule has 136 valence electrons. The van der Waals surface area contributed by atoms with Gasteiger partial charge in [-0.3, -0.25) is 9.48 Å². The number of hydrogen-bond donors (Lipinski definition) is 1. The molecule has 0 radical (unpaired) electrons. The van der Waals surface area contributed by atoms with Gasteiger partial charge in [-0.05, 0) is 23.3 Å². The average molecular weight is 374 g/mol. The van der Waals surface area contributed by atoms with Crippen molar-refractivity contribution in [2.75, 3.05) is 13.7 Å². The maximum atomic E-state index is 12.9. The normalized spacial score (nSPS) is 11.0. The van der Waals surface area contributed by atoms with E-state index in [1.165, 1.54) is 23.9 Å². The van der Waals surface area contributed by atoms with Crippen LogP contribution in [0.15, 0.2) is 52.8 Å². The number of thioether (sulfide) groups is 1. The molecule has 8 heteroatoms. The molecule has 0 spiro atoms. The number of H-pyrrole nitrogens is 1.